The molecule has 1 fully saturated rings. The lowest BCUT2D eigenvalue weighted by molar-refractivity contribution is -0.142. The molecule has 5 rings (SSSR count). The normalized spacial score (nSPS) is 16.8. The lowest BCUT2D eigenvalue weighted by Crippen LogP contribution is -2.60. The van der Waals surface area contributed by atoms with Crippen molar-refractivity contribution in [3.8, 4) is 0 Å². The van der Waals surface area contributed by atoms with E-state index in [9.17, 15) is 29.1 Å². The van der Waals surface area contributed by atoms with E-state index in [1.807, 2.05) is 66.7 Å². The maximum absolute atomic E-state index is 14.6. The minimum absolute atomic E-state index is 0.0510. The van der Waals surface area contributed by atoms with Gasteiger partial charge < -0.3 is 53.9 Å². The summed E-state index contributed by atoms with van der Waals surface area (Å²) in [5, 5.41) is 21.1. The molecule has 3 aromatic carbocycles. The number of hydrogen-bond acceptors (Lipinski definition) is 8. The van der Waals surface area contributed by atoms with Gasteiger partial charge in [-0.25, -0.2) is 0 Å². The van der Waals surface area contributed by atoms with Crippen LogP contribution in [-0.4, -0.2) is 99.9 Å². The van der Waals surface area contributed by atoms with Crippen molar-refractivity contribution in [1.82, 2.24) is 25.8 Å². The minimum atomic E-state index is -1.31. The molecule has 0 aliphatic carbocycles. The molecule has 16 nitrogen and oxygen atoms in total. The van der Waals surface area contributed by atoms with Gasteiger partial charge in [0, 0.05) is 43.0 Å². The first kappa shape index (κ1) is 40.2. The van der Waals surface area contributed by atoms with Crippen molar-refractivity contribution in [2.45, 2.75) is 81.8 Å². The number of rotatable bonds is 17. The third-order valence-electron chi connectivity index (χ3n) is 9.87. The van der Waals surface area contributed by atoms with E-state index in [1.54, 1.807) is 6.20 Å². The molecule has 1 aromatic heterocycles. The zero-order valence-corrected chi connectivity index (χ0v) is 30.7. The number of aromatic amines is 1. The number of nitrogens with zero attached hydrogens (tertiary/aromatic N) is 2. The average molecular weight is 755 g/mol. The predicted octanol–water partition coefficient (Wildman–Crippen LogP) is -0.201. The van der Waals surface area contributed by atoms with E-state index in [2.05, 4.69) is 25.9 Å². The Kier molecular flexibility index (Phi) is 13.4. The molecule has 5 amide bonds. The second-order valence-corrected chi connectivity index (χ2v) is 13.9. The van der Waals surface area contributed by atoms with Crippen LogP contribution < -0.4 is 38.9 Å². The van der Waals surface area contributed by atoms with E-state index in [1.165, 1.54) is 11.8 Å². The first-order valence-corrected chi connectivity index (χ1v) is 18.3. The fraction of sp³-hybridized carbons (Fsp3) is 0.385. The van der Waals surface area contributed by atoms with Gasteiger partial charge in [0.05, 0.1) is 6.10 Å². The fourth-order valence-electron chi connectivity index (χ4n) is 6.85. The molecular weight excluding hydrogens is 704 g/mol. The van der Waals surface area contributed by atoms with Crippen LogP contribution in [0.5, 0.6) is 0 Å². The zero-order chi connectivity index (χ0) is 39.6. The molecule has 55 heavy (non-hydrogen) atoms. The molecule has 6 atom stereocenters. The molecule has 13 N–H and O–H groups in total. The number of amides is 5. The summed E-state index contributed by atoms with van der Waals surface area (Å²) in [6, 6.07) is 15.3. The molecule has 0 unspecified atom stereocenters. The summed E-state index contributed by atoms with van der Waals surface area (Å²) in [5.74, 6) is -3.31. The molecule has 16 heteroatoms. The third kappa shape index (κ3) is 10.4. The Morgan fingerprint density at radius 3 is 2.33 bits per heavy atom. The topological polar surface area (TPSA) is 277 Å². The Bertz CT molecular complexity index is 2040. The monoisotopic (exact) mass is 754 g/mol. The van der Waals surface area contributed by atoms with E-state index < -0.39 is 65.8 Å². The highest BCUT2D eigenvalue weighted by Crippen LogP contribution is 2.24. The molecule has 0 spiro atoms. The summed E-state index contributed by atoms with van der Waals surface area (Å²) in [6.07, 6.45) is 2.06. The zero-order valence-electron chi connectivity index (χ0n) is 30.7. The van der Waals surface area contributed by atoms with E-state index in [4.69, 9.17) is 22.9 Å². The van der Waals surface area contributed by atoms with Gasteiger partial charge in [-0.3, -0.25) is 29.0 Å². The number of benzene rings is 3. The van der Waals surface area contributed by atoms with Crippen molar-refractivity contribution in [3.63, 3.8) is 0 Å². The first-order valence-electron chi connectivity index (χ1n) is 18.3. The summed E-state index contributed by atoms with van der Waals surface area (Å²) < 4.78 is 0. The number of nitrogens with one attached hydrogen (secondary N) is 4. The minimum Gasteiger partial charge on any atom is -0.391 e. The van der Waals surface area contributed by atoms with Gasteiger partial charge in [-0.15, -0.1) is 0 Å². The standard InChI is InChI=1S/C39H50N10O6/c1-22(50)33(40)37(54)47-30(19-23-14-15-24-8-2-3-9-25(24)18-23)35(52)48-31(20-26-21-45-28-11-5-4-10-27(26)28)38(55)49-17-7-13-32(49)36(53)46-29(34(41)51)12-6-16-44-39(42)43/h2-5,8-11,14-15,18,21-22,29-33,45,50H,6-7,12-13,16-17,19-20,40H2,1H3,(H2,41,51)(H,46,53)(H,47,54)(H,48,52)(H4,42,43,44)/t22-,29+,30-,31-,32-,33-/m1/s1. The van der Waals surface area contributed by atoms with Crippen LogP contribution in [0.25, 0.3) is 21.7 Å². The van der Waals surface area contributed by atoms with Crippen LogP contribution in [0.4, 0.5) is 0 Å². The molecule has 1 aliphatic rings. The van der Waals surface area contributed by atoms with Gasteiger partial charge in [-0.2, -0.15) is 0 Å². The van der Waals surface area contributed by atoms with Crippen molar-refractivity contribution in [3.05, 3.63) is 84.1 Å². The number of fused-ring (bicyclic) bond motifs is 2. The third-order valence-corrected chi connectivity index (χ3v) is 9.87. The SMILES string of the molecule is C[C@@H](O)[C@@H](N)C(=O)N[C@H](Cc1ccc2ccccc2c1)C(=O)N[C@H](Cc1c[nH]c2ccccc12)C(=O)N1CCC[C@@H]1C(=O)N[C@@H](CCCN=C(N)N)C(N)=O. The molecule has 0 saturated carbocycles. The number of aliphatic hydroxyl groups excluding tert-OH is 1. The predicted molar refractivity (Wildman–Crippen MR) is 209 cm³/mol. The number of carbonyl (C=O) groups is 5. The van der Waals surface area contributed by atoms with Crippen molar-refractivity contribution in [2.24, 2.45) is 27.9 Å². The lowest BCUT2D eigenvalue weighted by atomic mass is 9.99. The van der Waals surface area contributed by atoms with Crippen molar-refractivity contribution < 1.29 is 29.1 Å². The molecule has 1 saturated heterocycles. The number of aliphatic imine (C=N–C) groups is 1. The maximum Gasteiger partial charge on any atom is 0.246 e. The van der Waals surface area contributed by atoms with Gasteiger partial charge >= 0.3 is 0 Å². The summed E-state index contributed by atoms with van der Waals surface area (Å²) in [5.41, 5.74) is 24.6. The summed E-state index contributed by atoms with van der Waals surface area (Å²) >= 11 is 0. The van der Waals surface area contributed by atoms with Crippen LogP contribution in [0.15, 0.2) is 77.9 Å². The number of para-hydroxylation sites is 1. The molecule has 292 valence electrons. The van der Waals surface area contributed by atoms with E-state index in [-0.39, 0.29) is 38.3 Å². The summed E-state index contributed by atoms with van der Waals surface area (Å²) in [7, 11) is 0. The van der Waals surface area contributed by atoms with Crippen LogP contribution in [0.1, 0.15) is 43.7 Å². The van der Waals surface area contributed by atoms with Crippen LogP contribution in [0.3, 0.4) is 0 Å². The second-order valence-electron chi connectivity index (χ2n) is 13.9. The Morgan fingerprint density at radius 2 is 1.60 bits per heavy atom. The molecule has 4 aromatic rings. The molecular formula is C39H50N10O6. The van der Waals surface area contributed by atoms with E-state index in [0.717, 1.165) is 32.8 Å². The van der Waals surface area contributed by atoms with Gasteiger partial charge in [0.25, 0.3) is 0 Å². The van der Waals surface area contributed by atoms with Crippen molar-refractivity contribution >= 4 is 57.2 Å². The first-order chi connectivity index (χ1) is 26.3. The highest BCUT2D eigenvalue weighted by atomic mass is 16.3. The van der Waals surface area contributed by atoms with E-state index >= 15 is 0 Å². The van der Waals surface area contributed by atoms with Crippen molar-refractivity contribution in [2.75, 3.05) is 13.1 Å². The Hall–Kier alpha value is -6.00. The Labute approximate surface area is 318 Å². The molecule has 2 heterocycles. The van der Waals surface area contributed by atoms with Crippen LogP contribution in [0, 0.1) is 0 Å². The quantitative estimate of drug-likeness (QED) is 0.0392. The number of guanidine groups is 1. The maximum atomic E-state index is 14.6. The smallest absolute Gasteiger partial charge is 0.246 e. The number of carbonyl (C=O) groups excluding carboxylic acids is 5. The highest BCUT2D eigenvalue weighted by molar-refractivity contribution is 5.97. The number of H-pyrrole nitrogens is 1. The summed E-state index contributed by atoms with van der Waals surface area (Å²) in [6.45, 7) is 1.83. The second kappa shape index (κ2) is 18.4. The van der Waals surface area contributed by atoms with Crippen LogP contribution in [-0.2, 0) is 36.8 Å². The Balaban J connectivity index is 1.41. The summed E-state index contributed by atoms with van der Waals surface area (Å²) in [4.78, 5) is 76.4. The lowest BCUT2D eigenvalue weighted by Gasteiger charge is -2.31. The van der Waals surface area contributed by atoms with Gasteiger partial charge in [0.15, 0.2) is 5.96 Å². The van der Waals surface area contributed by atoms with Crippen molar-refractivity contribution in [1.29, 1.82) is 0 Å². The average Bonchev–Trinajstić information content (AvgIpc) is 3.82. The van der Waals surface area contributed by atoms with Crippen LogP contribution in [0.2, 0.25) is 0 Å². The number of nitrogens with two attached hydrogens (primary N) is 4. The number of likely N-dealkylation sites (tertiary alicyclic amines) is 1. The van der Waals surface area contributed by atoms with E-state index in [0.29, 0.717) is 19.3 Å². The molecule has 0 radical (unpaired) electrons. The Morgan fingerprint density at radius 1 is 0.891 bits per heavy atom. The molecule has 1 aliphatic heterocycles. The highest BCUT2D eigenvalue weighted by Gasteiger charge is 2.40. The molecule has 0 bridgehead atoms. The number of primary amides is 1. The number of aliphatic hydroxyl groups is 1. The van der Waals surface area contributed by atoms with Gasteiger partial charge in [-0.05, 0) is 60.6 Å². The fourth-order valence-corrected chi connectivity index (χ4v) is 6.85. The van der Waals surface area contributed by atoms with Gasteiger partial charge in [0.1, 0.15) is 30.2 Å². The van der Waals surface area contributed by atoms with Gasteiger partial charge in [-0.1, -0.05) is 60.7 Å². The van der Waals surface area contributed by atoms with Crippen LogP contribution >= 0.6 is 0 Å². The largest absolute Gasteiger partial charge is 0.391 e. The number of aromatic nitrogens is 1. The van der Waals surface area contributed by atoms with Gasteiger partial charge in [0.2, 0.25) is 29.5 Å². The number of hydrogen-bond donors (Lipinski definition) is 9.